The molecule has 0 amide bonds. The Morgan fingerprint density at radius 1 is 1.20 bits per heavy atom. The van der Waals surface area contributed by atoms with Crippen molar-refractivity contribution in [3.05, 3.63) is 54.0 Å². The lowest BCUT2D eigenvalue weighted by molar-refractivity contribution is 0.418. The van der Waals surface area contributed by atoms with Crippen molar-refractivity contribution in [1.29, 1.82) is 0 Å². The molecule has 1 saturated carbocycles. The van der Waals surface area contributed by atoms with Crippen molar-refractivity contribution in [3.8, 4) is 0 Å². The Bertz CT molecular complexity index is 670. The highest BCUT2D eigenvalue weighted by Gasteiger charge is 2.37. The first-order chi connectivity index (χ1) is 9.56. The first-order valence-electron chi connectivity index (χ1n) is 6.69. The molecule has 4 nitrogen and oxygen atoms in total. The van der Waals surface area contributed by atoms with Crippen LogP contribution < -0.4 is 4.72 Å². The fourth-order valence-corrected chi connectivity index (χ4v) is 3.51. The predicted octanol–water partition coefficient (Wildman–Crippen LogP) is 3.02. The summed E-state index contributed by atoms with van der Waals surface area (Å²) in [6.45, 7) is 1.93. The number of rotatable bonds is 5. The van der Waals surface area contributed by atoms with Crippen molar-refractivity contribution in [3.63, 3.8) is 0 Å². The summed E-state index contributed by atoms with van der Waals surface area (Å²) in [7, 11) is -3.52. The van der Waals surface area contributed by atoms with Gasteiger partial charge in [0.25, 0.3) is 0 Å². The minimum Gasteiger partial charge on any atom is -0.468 e. The van der Waals surface area contributed by atoms with Gasteiger partial charge in [-0.05, 0) is 49.9 Å². The van der Waals surface area contributed by atoms with Gasteiger partial charge >= 0.3 is 0 Å². The SMILES string of the molecule is Cc1ccc(S(=O)(=O)N[C@H](c2ccco2)C2CC2)cc1. The molecule has 5 heteroatoms. The van der Waals surface area contributed by atoms with Gasteiger partial charge in [-0.2, -0.15) is 0 Å². The molecule has 0 saturated heterocycles. The van der Waals surface area contributed by atoms with E-state index in [1.54, 1.807) is 36.6 Å². The van der Waals surface area contributed by atoms with Crippen molar-refractivity contribution in [2.24, 2.45) is 5.92 Å². The third-order valence-corrected chi connectivity index (χ3v) is 5.01. The normalized spacial score (nSPS) is 17.1. The lowest BCUT2D eigenvalue weighted by Gasteiger charge is -2.16. The van der Waals surface area contributed by atoms with Crippen LogP contribution in [0.4, 0.5) is 0 Å². The zero-order chi connectivity index (χ0) is 14.2. The Labute approximate surface area is 118 Å². The Morgan fingerprint density at radius 3 is 2.45 bits per heavy atom. The van der Waals surface area contributed by atoms with E-state index in [1.165, 1.54) is 0 Å². The summed E-state index contributed by atoms with van der Waals surface area (Å²) < 4.78 is 33.0. The largest absolute Gasteiger partial charge is 0.468 e. The number of aryl methyl sites for hydroxylation is 1. The predicted molar refractivity (Wildman–Crippen MR) is 75.7 cm³/mol. The molecule has 0 radical (unpaired) electrons. The molecule has 2 aromatic rings. The average Bonchev–Trinajstić information content (AvgIpc) is 3.11. The van der Waals surface area contributed by atoms with Crippen LogP contribution in [-0.4, -0.2) is 8.42 Å². The highest BCUT2D eigenvalue weighted by molar-refractivity contribution is 7.89. The molecule has 1 fully saturated rings. The minimum absolute atomic E-state index is 0.267. The summed E-state index contributed by atoms with van der Waals surface area (Å²) in [6, 6.07) is 10.2. The number of sulfonamides is 1. The third kappa shape index (κ3) is 2.78. The third-order valence-electron chi connectivity index (χ3n) is 3.56. The summed E-state index contributed by atoms with van der Waals surface area (Å²) in [4.78, 5) is 0.292. The molecular formula is C15H17NO3S. The maximum atomic E-state index is 12.4. The van der Waals surface area contributed by atoms with Crippen LogP contribution in [0.25, 0.3) is 0 Å². The van der Waals surface area contributed by atoms with E-state index in [1.807, 2.05) is 13.0 Å². The Kier molecular flexibility index (Phi) is 3.40. The molecule has 106 valence electrons. The van der Waals surface area contributed by atoms with Crippen LogP contribution in [0.3, 0.4) is 0 Å². The highest BCUT2D eigenvalue weighted by Crippen LogP contribution is 2.41. The van der Waals surface area contributed by atoms with E-state index >= 15 is 0 Å². The van der Waals surface area contributed by atoms with Gasteiger partial charge in [-0.3, -0.25) is 0 Å². The van der Waals surface area contributed by atoms with E-state index in [0.29, 0.717) is 16.6 Å². The minimum atomic E-state index is -3.52. The maximum Gasteiger partial charge on any atom is 0.241 e. The van der Waals surface area contributed by atoms with Gasteiger partial charge in [-0.25, -0.2) is 13.1 Å². The van der Waals surface area contributed by atoms with E-state index in [-0.39, 0.29) is 6.04 Å². The summed E-state index contributed by atoms with van der Waals surface area (Å²) in [5.74, 6) is 1.02. The highest BCUT2D eigenvalue weighted by atomic mass is 32.2. The first-order valence-corrected chi connectivity index (χ1v) is 8.17. The van der Waals surface area contributed by atoms with Gasteiger partial charge in [0, 0.05) is 0 Å². The summed E-state index contributed by atoms with van der Waals surface area (Å²) in [6.07, 6.45) is 3.63. The first kappa shape index (κ1) is 13.4. The number of nitrogens with one attached hydrogen (secondary N) is 1. The Balaban J connectivity index is 1.86. The average molecular weight is 291 g/mol. The maximum absolute atomic E-state index is 12.4. The monoisotopic (exact) mass is 291 g/mol. The molecule has 1 aliphatic carbocycles. The van der Waals surface area contributed by atoms with E-state index in [0.717, 1.165) is 18.4 Å². The van der Waals surface area contributed by atoms with Crippen LogP contribution in [0.15, 0.2) is 52.0 Å². The van der Waals surface area contributed by atoms with Crippen LogP contribution >= 0.6 is 0 Å². The molecule has 0 bridgehead atoms. The zero-order valence-electron chi connectivity index (χ0n) is 11.2. The molecule has 1 heterocycles. The van der Waals surface area contributed by atoms with Gasteiger partial charge in [0.1, 0.15) is 5.76 Å². The topological polar surface area (TPSA) is 59.3 Å². The van der Waals surface area contributed by atoms with Crippen molar-refractivity contribution >= 4 is 10.0 Å². The van der Waals surface area contributed by atoms with E-state index in [2.05, 4.69) is 4.72 Å². The van der Waals surface area contributed by atoms with Gasteiger partial charge in [-0.1, -0.05) is 17.7 Å². The quantitative estimate of drug-likeness (QED) is 0.921. The summed E-state index contributed by atoms with van der Waals surface area (Å²) >= 11 is 0. The fourth-order valence-electron chi connectivity index (χ4n) is 2.24. The molecule has 1 aliphatic rings. The second-order valence-corrected chi connectivity index (χ2v) is 6.98. The van der Waals surface area contributed by atoms with E-state index in [9.17, 15) is 8.42 Å². The molecule has 0 spiro atoms. The zero-order valence-corrected chi connectivity index (χ0v) is 12.1. The number of furan rings is 1. The molecule has 3 rings (SSSR count). The van der Waals surface area contributed by atoms with Crippen LogP contribution in [0, 0.1) is 12.8 Å². The standard InChI is InChI=1S/C15H17NO3S/c1-11-4-8-13(9-5-11)20(17,18)16-15(12-6-7-12)14-3-2-10-19-14/h2-5,8-10,12,15-16H,6-7H2,1H3/t15-/m0/s1. The van der Waals surface area contributed by atoms with Crippen molar-refractivity contribution in [2.45, 2.75) is 30.7 Å². The molecule has 1 aromatic carbocycles. The van der Waals surface area contributed by atoms with E-state index < -0.39 is 10.0 Å². The van der Waals surface area contributed by atoms with Crippen molar-refractivity contribution in [1.82, 2.24) is 4.72 Å². The fraction of sp³-hybridized carbons (Fsp3) is 0.333. The van der Waals surface area contributed by atoms with Crippen LogP contribution in [0.2, 0.25) is 0 Å². The lowest BCUT2D eigenvalue weighted by atomic mass is 10.1. The van der Waals surface area contributed by atoms with E-state index in [4.69, 9.17) is 4.42 Å². The van der Waals surface area contributed by atoms with Gasteiger partial charge in [0.05, 0.1) is 17.2 Å². The molecular weight excluding hydrogens is 274 g/mol. The Morgan fingerprint density at radius 2 is 1.90 bits per heavy atom. The molecule has 20 heavy (non-hydrogen) atoms. The molecule has 1 atom stereocenters. The smallest absolute Gasteiger partial charge is 0.241 e. The van der Waals surface area contributed by atoms with Crippen LogP contribution in [0.1, 0.15) is 30.2 Å². The van der Waals surface area contributed by atoms with Gasteiger partial charge in [-0.15, -0.1) is 0 Å². The van der Waals surface area contributed by atoms with Gasteiger partial charge in [0.2, 0.25) is 10.0 Å². The number of hydrogen-bond acceptors (Lipinski definition) is 3. The summed E-state index contributed by atoms with van der Waals surface area (Å²) in [5.41, 5.74) is 1.04. The van der Waals surface area contributed by atoms with Gasteiger partial charge in [0.15, 0.2) is 0 Å². The molecule has 0 aliphatic heterocycles. The van der Waals surface area contributed by atoms with Crippen molar-refractivity contribution in [2.75, 3.05) is 0 Å². The van der Waals surface area contributed by atoms with Gasteiger partial charge < -0.3 is 4.42 Å². The molecule has 0 unspecified atom stereocenters. The van der Waals surface area contributed by atoms with Crippen molar-refractivity contribution < 1.29 is 12.8 Å². The van der Waals surface area contributed by atoms with Crippen LogP contribution in [-0.2, 0) is 10.0 Å². The summed E-state index contributed by atoms with van der Waals surface area (Å²) in [5, 5.41) is 0. The molecule has 1 aromatic heterocycles. The second kappa shape index (κ2) is 5.07. The molecule has 1 N–H and O–H groups in total. The number of hydrogen-bond donors (Lipinski definition) is 1. The second-order valence-electron chi connectivity index (χ2n) is 5.26. The lowest BCUT2D eigenvalue weighted by Crippen LogP contribution is -2.29. The Hall–Kier alpha value is -1.59. The van der Waals surface area contributed by atoms with Crippen LogP contribution in [0.5, 0.6) is 0 Å². The number of benzene rings is 1.